The zero-order valence-electron chi connectivity index (χ0n) is 16.5. The third-order valence-corrected chi connectivity index (χ3v) is 4.32. The summed E-state index contributed by atoms with van der Waals surface area (Å²) in [7, 11) is 7.46. The molecule has 0 fully saturated rings. The Morgan fingerprint density at radius 3 is 2.64 bits per heavy atom. The van der Waals surface area contributed by atoms with Crippen molar-refractivity contribution in [3.05, 3.63) is 54.1 Å². The van der Waals surface area contributed by atoms with E-state index >= 15 is 0 Å². The minimum atomic E-state index is 0. The van der Waals surface area contributed by atoms with Crippen LogP contribution in [0.2, 0.25) is 0 Å². The molecule has 9 heteroatoms. The molecule has 0 bridgehead atoms. The molecule has 0 aliphatic rings. The van der Waals surface area contributed by atoms with E-state index in [1.807, 2.05) is 50.6 Å². The molecule has 0 atom stereocenters. The Morgan fingerprint density at radius 2 is 2.04 bits per heavy atom. The summed E-state index contributed by atoms with van der Waals surface area (Å²) in [6.45, 7) is 1.27. The minimum Gasteiger partial charge on any atom is -0.497 e. The third kappa shape index (κ3) is 5.24. The van der Waals surface area contributed by atoms with Gasteiger partial charge >= 0.3 is 0 Å². The maximum Gasteiger partial charge on any atom is 0.194 e. The number of nitrogens with one attached hydrogen (secondary N) is 2. The lowest BCUT2D eigenvalue weighted by molar-refractivity contribution is 0.415. The number of benzene rings is 1. The summed E-state index contributed by atoms with van der Waals surface area (Å²) < 4.78 is 7.28. The van der Waals surface area contributed by atoms with Crippen molar-refractivity contribution in [2.45, 2.75) is 13.1 Å². The number of methoxy groups -OCH3 is 1. The van der Waals surface area contributed by atoms with Crippen molar-refractivity contribution < 1.29 is 4.74 Å². The van der Waals surface area contributed by atoms with Crippen LogP contribution in [-0.2, 0) is 20.1 Å². The van der Waals surface area contributed by atoms with E-state index in [9.17, 15) is 0 Å². The number of rotatable bonds is 6. The molecule has 3 aromatic rings. The number of aliphatic imine (C=N–C) groups is 1. The normalized spacial score (nSPS) is 11.1. The van der Waals surface area contributed by atoms with Crippen molar-refractivity contribution in [1.82, 2.24) is 30.0 Å². The first-order valence-electron chi connectivity index (χ1n) is 8.68. The molecule has 0 aliphatic heterocycles. The highest BCUT2D eigenvalue weighted by molar-refractivity contribution is 14.0. The molecule has 28 heavy (non-hydrogen) atoms. The van der Waals surface area contributed by atoms with Crippen LogP contribution >= 0.6 is 24.0 Å². The van der Waals surface area contributed by atoms with Gasteiger partial charge in [-0.3, -0.25) is 10.1 Å². The van der Waals surface area contributed by atoms with Crippen LogP contribution in [0, 0.1) is 0 Å². The highest BCUT2D eigenvalue weighted by Gasteiger charge is 2.10. The van der Waals surface area contributed by atoms with Gasteiger partial charge in [0.15, 0.2) is 11.8 Å². The first-order valence-corrected chi connectivity index (χ1v) is 8.68. The summed E-state index contributed by atoms with van der Waals surface area (Å²) in [5.41, 5.74) is 2.14. The molecule has 2 heterocycles. The standard InChI is InChI=1S/C19H25N7O.HI/c1-20-19(26(3)13-15-6-5-11-25(15)2)21-12-17-22-18(24-23-17)14-7-9-16(27-4)10-8-14;/h5-11H,12-13H2,1-4H3,(H,20,21)(H,22,23,24);1H. The Balaban J connectivity index is 0.00000280. The lowest BCUT2D eigenvalue weighted by Gasteiger charge is -2.22. The van der Waals surface area contributed by atoms with Crippen LogP contribution in [0.3, 0.4) is 0 Å². The molecule has 2 aromatic heterocycles. The maximum absolute atomic E-state index is 5.18. The first kappa shape index (κ1) is 21.7. The fraction of sp³-hybridized carbons (Fsp3) is 0.316. The van der Waals surface area contributed by atoms with E-state index in [1.54, 1.807) is 14.2 Å². The zero-order chi connectivity index (χ0) is 19.2. The molecule has 0 saturated carbocycles. The summed E-state index contributed by atoms with van der Waals surface area (Å²) in [5, 5.41) is 10.6. The maximum atomic E-state index is 5.18. The Labute approximate surface area is 182 Å². The summed E-state index contributed by atoms with van der Waals surface area (Å²) in [6.07, 6.45) is 2.04. The highest BCUT2D eigenvalue weighted by Crippen LogP contribution is 2.18. The Bertz CT molecular complexity index is 901. The van der Waals surface area contributed by atoms with Crippen molar-refractivity contribution >= 4 is 29.9 Å². The topological polar surface area (TPSA) is 83.4 Å². The highest BCUT2D eigenvalue weighted by atomic mass is 127. The van der Waals surface area contributed by atoms with E-state index in [2.05, 4.69) is 41.0 Å². The van der Waals surface area contributed by atoms with Gasteiger partial charge in [-0.1, -0.05) is 0 Å². The van der Waals surface area contributed by atoms with E-state index in [4.69, 9.17) is 4.74 Å². The predicted octanol–water partition coefficient (Wildman–Crippen LogP) is 2.64. The molecule has 0 radical (unpaired) electrons. The molecule has 3 rings (SSSR count). The number of aryl methyl sites for hydroxylation is 1. The quantitative estimate of drug-likeness (QED) is 0.312. The zero-order valence-corrected chi connectivity index (χ0v) is 18.8. The molecular formula is C19H26IN7O. The molecule has 0 unspecified atom stereocenters. The molecule has 150 valence electrons. The van der Waals surface area contributed by atoms with E-state index < -0.39 is 0 Å². The second kappa shape index (κ2) is 10.1. The van der Waals surface area contributed by atoms with Gasteiger partial charge in [-0.05, 0) is 36.4 Å². The van der Waals surface area contributed by atoms with E-state index in [-0.39, 0.29) is 24.0 Å². The van der Waals surface area contributed by atoms with Gasteiger partial charge in [0.05, 0.1) is 20.2 Å². The number of H-pyrrole nitrogens is 1. The third-order valence-electron chi connectivity index (χ3n) is 4.32. The first-order chi connectivity index (χ1) is 13.1. The van der Waals surface area contributed by atoms with Crippen molar-refractivity contribution in [3.8, 4) is 17.1 Å². The second-order valence-corrected chi connectivity index (χ2v) is 6.20. The van der Waals surface area contributed by atoms with Crippen LogP contribution in [0.5, 0.6) is 5.75 Å². The molecule has 0 saturated heterocycles. The van der Waals surface area contributed by atoms with E-state index in [0.717, 1.165) is 29.6 Å². The van der Waals surface area contributed by atoms with Crippen molar-refractivity contribution in [3.63, 3.8) is 0 Å². The molecule has 1 aromatic carbocycles. The van der Waals surface area contributed by atoms with Crippen LogP contribution < -0.4 is 10.1 Å². The number of hydrogen-bond acceptors (Lipinski definition) is 4. The summed E-state index contributed by atoms with van der Waals surface area (Å²) in [4.78, 5) is 11.0. The smallest absolute Gasteiger partial charge is 0.194 e. The fourth-order valence-corrected chi connectivity index (χ4v) is 2.77. The predicted molar refractivity (Wildman–Crippen MR) is 121 cm³/mol. The monoisotopic (exact) mass is 495 g/mol. The van der Waals surface area contributed by atoms with Crippen molar-refractivity contribution in [1.29, 1.82) is 0 Å². The molecule has 8 nitrogen and oxygen atoms in total. The van der Waals surface area contributed by atoms with Gasteiger partial charge in [0.25, 0.3) is 0 Å². The van der Waals surface area contributed by atoms with Gasteiger partial charge < -0.3 is 19.5 Å². The number of aromatic amines is 1. The molecule has 0 amide bonds. The minimum absolute atomic E-state index is 0. The molecule has 0 spiro atoms. The van der Waals surface area contributed by atoms with Gasteiger partial charge in [0.1, 0.15) is 11.6 Å². The lowest BCUT2D eigenvalue weighted by atomic mass is 10.2. The molecular weight excluding hydrogens is 469 g/mol. The average molecular weight is 495 g/mol. The summed E-state index contributed by atoms with van der Waals surface area (Å²) >= 11 is 0. The van der Waals surface area contributed by atoms with Crippen molar-refractivity contribution in [2.75, 3.05) is 21.2 Å². The van der Waals surface area contributed by atoms with Gasteiger partial charge in [-0.15, -0.1) is 24.0 Å². The summed E-state index contributed by atoms with van der Waals surface area (Å²) in [6, 6.07) is 11.8. The Kier molecular flexibility index (Phi) is 7.85. The fourth-order valence-electron chi connectivity index (χ4n) is 2.77. The van der Waals surface area contributed by atoms with Crippen molar-refractivity contribution in [2.24, 2.45) is 12.0 Å². The number of nitrogens with zero attached hydrogens (tertiary/aromatic N) is 5. The Morgan fingerprint density at radius 1 is 1.29 bits per heavy atom. The van der Waals surface area contributed by atoms with E-state index in [0.29, 0.717) is 12.4 Å². The van der Waals surface area contributed by atoms with Gasteiger partial charge in [-0.25, -0.2) is 4.98 Å². The van der Waals surface area contributed by atoms with Crippen LogP contribution in [0.25, 0.3) is 11.4 Å². The van der Waals surface area contributed by atoms with Gasteiger partial charge in [-0.2, -0.15) is 5.10 Å². The average Bonchev–Trinajstić information content (AvgIpc) is 3.32. The largest absolute Gasteiger partial charge is 0.497 e. The number of guanidine groups is 1. The van der Waals surface area contributed by atoms with Crippen LogP contribution in [0.15, 0.2) is 47.6 Å². The number of hydrogen-bond donors (Lipinski definition) is 2. The SMILES string of the molecule is CN=C(NCc1nc(-c2ccc(OC)cc2)n[nH]1)N(C)Cc1cccn1C.I. The summed E-state index contributed by atoms with van der Waals surface area (Å²) in [5.74, 6) is 3.00. The van der Waals surface area contributed by atoms with Crippen LogP contribution in [0.4, 0.5) is 0 Å². The number of halogens is 1. The lowest BCUT2D eigenvalue weighted by Crippen LogP contribution is -2.38. The molecule has 0 aliphatic carbocycles. The molecule has 2 N–H and O–H groups in total. The van der Waals surface area contributed by atoms with Crippen LogP contribution in [0.1, 0.15) is 11.5 Å². The van der Waals surface area contributed by atoms with Crippen LogP contribution in [-0.4, -0.2) is 51.8 Å². The Hall–Kier alpha value is -2.56. The van der Waals surface area contributed by atoms with Gasteiger partial charge in [0.2, 0.25) is 0 Å². The number of ether oxygens (including phenoxy) is 1. The van der Waals surface area contributed by atoms with E-state index in [1.165, 1.54) is 5.69 Å². The second-order valence-electron chi connectivity index (χ2n) is 6.20. The number of aromatic nitrogens is 4. The van der Waals surface area contributed by atoms with Gasteiger partial charge in [0, 0.05) is 38.6 Å².